The third-order valence-electron chi connectivity index (χ3n) is 1.86. The van der Waals surface area contributed by atoms with E-state index in [0.717, 1.165) is 6.42 Å². The highest BCUT2D eigenvalue weighted by molar-refractivity contribution is 4.43. The number of aliphatic hydroxyl groups excluding tert-OH is 3. The van der Waals surface area contributed by atoms with Crippen LogP contribution in [0.25, 0.3) is 0 Å². The normalized spacial score (nSPS) is 9.43. The average molecular weight is 206 g/mol. The van der Waals surface area contributed by atoms with E-state index in [1.165, 1.54) is 38.5 Å². The number of hydrogen-bond donors (Lipinski definition) is 3. The fourth-order valence-corrected chi connectivity index (χ4v) is 1.07. The Balaban J connectivity index is 0. The lowest BCUT2D eigenvalue weighted by molar-refractivity contribution is 0.186. The SMILES string of the molecule is CCCCCCCCCO.OCCO. The van der Waals surface area contributed by atoms with E-state index in [-0.39, 0.29) is 13.2 Å². The summed E-state index contributed by atoms with van der Waals surface area (Å²) in [5, 5.41) is 23.7. The molecule has 0 amide bonds. The van der Waals surface area contributed by atoms with Crippen molar-refractivity contribution < 1.29 is 15.3 Å². The van der Waals surface area contributed by atoms with E-state index >= 15 is 0 Å². The third-order valence-corrected chi connectivity index (χ3v) is 1.86. The molecule has 0 aromatic carbocycles. The van der Waals surface area contributed by atoms with Crippen molar-refractivity contribution in [1.29, 1.82) is 0 Å². The molecule has 3 nitrogen and oxygen atoms in total. The molecule has 0 aliphatic heterocycles. The van der Waals surface area contributed by atoms with E-state index in [4.69, 9.17) is 15.3 Å². The van der Waals surface area contributed by atoms with Gasteiger partial charge in [-0.05, 0) is 6.42 Å². The third kappa shape index (κ3) is 22.6. The highest BCUT2D eigenvalue weighted by Gasteiger charge is 1.88. The summed E-state index contributed by atoms with van der Waals surface area (Å²) in [5.41, 5.74) is 0. The minimum absolute atomic E-state index is 0.125. The van der Waals surface area contributed by atoms with E-state index in [9.17, 15) is 0 Å². The Kier molecular flexibility index (Phi) is 21.7. The molecule has 0 bridgehead atoms. The van der Waals surface area contributed by atoms with Gasteiger partial charge in [-0.25, -0.2) is 0 Å². The van der Waals surface area contributed by atoms with Gasteiger partial charge in [-0.3, -0.25) is 0 Å². The predicted octanol–water partition coefficient (Wildman–Crippen LogP) is 1.70. The smallest absolute Gasteiger partial charge is 0.0662 e. The lowest BCUT2D eigenvalue weighted by Gasteiger charge is -1.97. The van der Waals surface area contributed by atoms with Crippen LogP contribution in [0.15, 0.2) is 0 Å². The first-order valence-corrected chi connectivity index (χ1v) is 5.66. The summed E-state index contributed by atoms with van der Waals surface area (Å²) in [6.45, 7) is 2.35. The largest absolute Gasteiger partial charge is 0.396 e. The fraction of sp³-hybridized carbons (Fsp3) is 1.00. The van der Waals surface area contributed by atoms with Crippen molar-refractivity contribution in [2.45, 2.75) is 51.9 Å². The van der Waals surface area contributed by atoms with Gasteiger partial charge in [0.25, 0.3) is 0 Å². The maximum atomic E-state index is 8.47. The van der Waals surface area contributed by atoms with Crippen molar-refractivity contribution in [2.24, 2.45) is 0 Å². The van der Waals surface area contributed by atoms with E-state index in [0.29, 0.717) is 6.61 Å². The molecule has 88 valence electrons. The summed E-state index contributed by atoms with van der Waals surface area (Å²) >= 11 is 0. The van der Waals surface area contributed by atoms with Gasteiger partial charge in [0.2, 0.25) is 0 Å². The van der Waals surface area contributed by atoms with Crippen molar-refractivity contribution >= 4 is 0 Å². The van der Waals surface area contributed by atoms with Crippen LogP contribution < -0.4 is 0 Å². The maximum Gasteiger partial charge on any atom is 0.0662 e. The summed E-state index contributed by atoms with van der Waals surface area (Å²) in [6, 6.07) is 0. The lowest BCUT2D eigenvalue weighted by Crippen LogP contribution is -1.85. The molecule has 0 heterocycles. The first-order chi connectivity index (χ1) is 6.83. The Morgan fingerprint density at radius 1 is 0.571 bits per heavy atom. The van der Waals surface area contributed by atoms with Gasteiger partial charge >= 0.3 is 0 Å². The Morgan fingerprint density at radius 2 is 1.00 bits per heavy atom. The second-order valence-electron chi connectivity index (χ2n) is 3.29. The average Bonchev–Trinajstić information content (AvgIpc) is 2.24. The van der Waals surface area contributed by atoms with Crippen LogP contribution in [0, 0.1) is 0 Å². The molecule has 0 atom stereocenters. The van der Waals surface area contributed by atoms with E-state index in [1.54, 1.807) is 0 Å². The van der Waals surface area contributed by atoms with Crippen molar-refractivity contribution in [1.82, 2.24) is 0 Å². The highest BCUT2D eigenvalue weighted by Crippen LogP contribution is 2.05. The molecule has 0 aliphatic rings. The molecule has 0 aromatic heterocycles. The molecule has 3 heteroatoms. The number of unbranched alkanes of at least 4 members (excludes halogenated alkanes) is 6. The molecule has 0 radical (unpaired) electrons. The first-order valence-electron chi connectivity index (χ1n) is 5.66. The summed E-state index contributed by atoms with van der Waals surface area (Å²) in [6.07, 6.45) is 8.93. The molecule has 3 N–H and O–H groups in total. The van der Waals surface area contributed by atoms with Crippen molar-refractivity contribution in [2.75, 3.05) is 19.8 Å². The van der Waals surface area contributed by atoms with Crippen LogP contribution in [-0.2, 0) is 0 Å². The molecule has 0 spiro atoms. The van der Waals surface area contributed by atoms with Crippen LogP contribution in [0.5, 0.6) is 0 Å². The zero-order chi connectivity index (χ0) is 11.1. The number of rotatable bonds is 8. The minimum atomic E-state index is -0.125. The van der Waals surface area contributed by atoms with Gasteiger partial charge in [-0.15, -0.1) is 0 Å². The van der Waals surface area contributed by atoms with Crippen LogP contribution in [0.1, 0.15) is 51.9 Å². The van der Waals surface area contributed by atoms with Gasteiger partial charge in [0.1, 0.15) is 0 Å². The molecule has 0 unspecified atom stereocenters. The summed E-state index contributed by atoms with van der Waals surface area (Å²) in [5.74, 6) is 0. The van der Waals surface area contributed by atoms with Gasteiger partial charge in [-0.1, -0.05) is 45.4 Å². The molecular weight excluding hydrogens is 180 g/mol. The van der Waals surface area contributed by atoms with E-state index < -0.39 is 0 Å². The summed E-state index contributed by atoms with van der Waals surface area (Å²) in [7, 11) is 0. The topological polar surface area (TPSA) is 60.7 Å². The van der Waals surface area contributed by atoms with Gasteiger partial charge < -0.3 is 15.3 Å². The predicted molar refractivity (Wildman–Crippen MR) is 59.3 cm³/mol. The van der Waals surface area contributed by atoms with Crippen molar-refractivity contribution in [3.63, 3.8) is 0 Å². The van der Waals surface area contributed by atoms with Gasteiger partial charge in [-0.2, -0.15) is 0 Å². The molecule has 0 saturated carbocycles. The van der Waals surface area contributed by atoms with Crippen LogP contribution in [-0.4, -0.2) is 35.1 Å². The first kappa shape index (κ1) is 16.3. The molecular formula is C11H26O3. The second-order valence-corrected chi connectivity index (χ2v) is 3.29. The molecule has 0 aliphatic carbocycles. The van der Waals surface area contributed by atoms with Gasteiger partial charge in [0.05, 0.1) is 13.2 Å². The second kappa shape index (κ2) is 18.6. The highest BCUT2D eigenvalue weighted by atomic mass is 16.3. The quantitative estimate of drug-likeness (QED) is 0.530. The number of aliphatic hydroxyl groups is 3. The van der Waals surface area contributed by atoms with E-state index in [1.807, 2.05) is 0 Å². The summed E-state index contributed by atoms with van der Waals surface area (Å²) in [4.78, 5) is 0. The Morgan fingerprint density at radius 3 is 1.36 bits per heavy atom. The number of hydrogen-bond acceptors (Lipinski definition) is 3. The minimum Gasteiger partial charge on any atom is -0.396 e. The Labute approximate surface area is 87.8 Å². The summed E-state index contributed by atoms with van der Waals surface area (Å²) < 4.78 is 0. The standard InChI is InChI=1S/C9H20O.C2H6O2/c1-2-3-4-5-6-7-8-9-10;3-1-2-4/h10H,2-9H2,1H3;3-4H,1-2H2. The molecule has 0 fully saturated rings. The molecule has 0 aromatic rings. The van der Waals surface area contributed by atoms with Crippen LogP contribution in [0.2, 0.25) is 0 Å². The van der Waals surface area contributed by atoms with Crippen LogP contribution in [0.4, 0.5) is 0 Å². The molecule has 14 heavy (non-hydrogen) atoms. The Hall–Kier alpha value is -0.120. The van der Waals surface area contributed by atoms with Crippen LogP contribution >= 0.6 is 0 Å². The van der Waals surface area contributed by atoms with Gasteiger partial charge in [0, 0.05) is 6.61 Å². The van der Waals surface area contributed by atoms with Crippen LogP contribution in [0.3, 0.4) is 0 Å². The molecule has 0 rings (SSSR count). The lowest BCUT2D eigenvalue weighted by atomic mass is 10.1. The monoisotopic (exact) mass is 206 g/mol. The zero-order valence-electron chi connectivity index (χ0n) is 9.41. The molecule has 0 saturated heterocycles. The van der Waals surface area contributed by atoms with E-state index in [2.05, 4.69) is 6.92 Å². The fourth-order valence-electron chi connectivity index (χ4n) is 1.07. The Bertz CT molecular complexity index is 66.9. The van der Waals surface area contributed by atoms with Crippen molar-refractivity contribution in [3.05, 3.63) is 0 Å². The van der Waals surface area contributed by atoms with Gasteiger partial charge in [0.15, 0.2) is 0 Å². The maximum absolute atomic E-state index is 8.47. The zero-order valence-corrected chi connectivity index (χ0v) is 9.41. The van der Waals surface area contributed by atoms with Crippen molar-refractivity contribution in [3.8, 4) is 0 Å².